The van der Waals surface area contributed by atoms with Gasteiger partial charge in [0.2, 0.25) is 5.91 Å². The molecule has 27 heavy (non-hydrogen) atoms. The zero-order chi connectivity index (χ0) is 19.1. The van der Waals surface area contributed by atoms with Crippen LogP contribution in [0.3, 0.4) is 0 Å². The van der Waals surface area contributed by atoms with E-state index in [1.54, 1.807) is 30.3 Å². The fourth-order valence-corrected chi connectivity index (χ4v) is 2.40. The van der Waals surface area contributed by atoms with E-state index in [0.29, 0.717) is 29.6 Å². The molecule has 0 aliphatic rings. The van der Waals surface area contributed by atoms with Crippen molar-refractivity contribution in [3.8, 4) is 17.2 Å². The van der Waals surface area contributed by atoms with Gasteiger partial charge in [-0.3, -0.25) is 4.79 Å². The lowest BCUT2D eigenvalue weighted by Gasteiger charge is -2.08. The zero-order valence-corrected chi connectivity index (χ0v) is 15.3. The van der Waals surface area contributed by atoms with Crippen molar-refractivity contribution in [2.24, 2.45) is 0 Å². The summed E-state index contributed by atoms with van der Waals surface area (Å²) >= 11 is 0. The van der Waals surface area contributed by atoms with Gasteiger partial charge in [-0.05, 0) is 80.6 Å². The van der Waals surface area contributed by atoms with E-state index < -0.39 is 0 Å². The molecule has 0 saturated heterocycles. The standard InChI is InChI=1S/C22H21NO4/c1-3-25-18-10-12-21(13-11-18)27-20-8-5-17(6-9-20)23-22(24)15-14-19-7-4-16(2)26-19/h4-15H,3H2,1-2H3,(H,23,24)/b15-14+. The molecular weight excluding hydrogens is 342 g/mol. The van der Waals surface area contributed by atoms with Crippen LogP contribution in [0.15, 0.2) is 71.2 Å². The molecule has 0 aliphatic carbocycles. The molecule has 3 aromatic rings. The van der Waals surface area contributed by atoms with E-state index in [4.69, 9.17) is 13.9 Å². The average Bonchev–Trinajstić information content (AvgIpc) is 3.09. The molecule has 138 valence electrons. The van der Waals surface area contributed by atoms with Gasteiger partial charge in [-0.2, -0.15) is 0 Å². The Labute approximate surface area is 158 Å². The average molecular weight is 363 g/mol. The topological polar surface area (TPSA) is 60.7 Å². The lowest BCUT2D eigenvalue weighted by atomic mass is 10.3. The smallest absolute Gasteiger partial charge is 0.248 e. The first-order chi connectivity index (χ1) is 13.1. The van der Waals surface area contributed by atoms with Crippen molar-refractivity contribution in [2.75, 3.05) is 11.9 Å². The monoisotopic (exact) mass is 363 g/mol. The van der Waals surface area contributed by atoms with Gasteiger partial charge in [0.05, 0.1) is 6.61 Å². The first-order valence-corrected chi connectivity index (χ1v) is 8.68. The zero-order valence-electron chi connectivity index (χ0n) is 15.3. The Morgan fingerprint density at radius 1 is 0.963 bits per heavy atom. The Morgan fingerprint density at radius 3 is 2.19 bits per heavy atom. The van der Waals surface area contributed by atoms with Crippen LogP contribution in [0.5, 0.6) is 17.2 Å². The van der Waals surface area contributed by atoms with Gasteiger partial charge in [0, 0.05) is 11.8 Å². The summed E-state index contributed by atoms with van der Waals surface area (Å²) in [5, 5.41) is 2.79. The second-order valence-corrected chi connectivity index (χ2v) is 5.80. The Balaban J connectivity index is 1.55. The number of nitrogens with one attached hydrogen (secondary N) is 1. The highest BCUT2D eigenvalue weighted by atomic mass is 16.5. The Morgan fingerprint density at radius 2 is 1.59 bits per heavy atom. The van der Waals surface area contributed by atoms with Gasteiger partial charge in [0.1, 0.15) is 28.8 Å². The first-order valence-electron chi connectivity index (χ1n) is 8.68. The minimum absolute atomic E-state index is 0.232. The van der Waals surface area contributed by atoms with Crippen LogP contribution in [0.4, 0.5) is 5.69 Å². The van der Waals surface area contributed by atoms with Crippen LogP contribution in [-0.2, 0) is 4.79 Å². The van der Waals surface area contributed by atoms with Crippen molar-refractivity contribution in [1.82, 2.24) is 0 Å². The second kappa shape index (κ2) is 8.76. The van der Waals surface area contributed by atoms with Gasteiger partial charge in [-0.1, -0.05) is 0 Å². The van der Waals surface area contributed by atoms with Gasteiger partial charge < -0.3 is 19.2 Å². The van der Waals surface area contributed by atoms with Crippen LogP contribution < -0.4 is 14.8 Å². The van der Waals surface area contributed by atoms with Crippen LogP contribution in [0.1, 0.15) is 18.4 Å². The third-order valence-corrected chi connectivity index (χ3v) is 3.65. The van der Waals surface area contributed by atoms with Crippen LogP contribution >= 0.6 is 0 Å². The van der Waals surface area contributed by atoms with Crippen LogP contribution in [0.2, 0.25) is 0 Å². The van der Waals surface area contributed by atoms with E-state index in [9.17, 15) is 4.79 Å². The molecule has 1 amide bonds. The van der Waals surface area contributed by atoms with E-state index in [1.807, 2.05) is 50.2 Å². The summed E-state index contributed by atoms with van der Waals surface area (Å²) in [5.74, 6) is 3.41. The van der Waals surface area contributed by atoms with Gasteiger partial charge >= 0.3 is 0 Å². The Hall–Kier alpha value is -3.47. The fraction of sp³-hybridized carbons (Fsp3) is 0.136. The number of hydrogen-bond donors (Lipinski definition) is 1. The Bertz CT molecular complexity index is 908. The molecule has 2 aromatic carbocycles. The molecule has 5 nitrogen and oxygen atoms in total. The molecule has 0 fully saturated rings. The third-order valence-electron chi connectivity index (χ3n) is 3.65. The van der Waals surface area contributed by atoms with Crippen LogP contribution in [0.25, 0.3) is 6.08 Å². The number of carbonyl (C=O) groups is 1. The van der Waals surface area contributed by atoms with E-state index in [-0.39, 0.29) is 5.91 Å². The Kier molecular flexibility index (Phi) is 5.94. The van der Waals surface area contributed by atoms with E-state index >= 15 is 0 Å². The van der Waals surface area contributed by atoms with Crippen molar-refractivity contribution in [3.63, 3.8) is 0 Å². The summed E-state index contributed by atoms with van der Waals surface area (Å²) in [6, 6.07) is 18.2. The summed E-state index contributed by atoms with van der Waals surface area (Å²) in [6.45, 7) is 4.43. The maximum atomic E-state index is 12.0. The molecule has 1 heterocycles. The summed E-state index contributed by atoms with van der Waals surface area (Å²) in [6.07, 6.45) is 3.06. The normalized spacial score (nSPS) is 10.7. The number of anilines is 1. The van der Waals surface area contributed by atoms with Crippen LogP contribution in [0, 0.1) is 6.92 Å². The molecule has 0 spiro atoms. The minimum atomic E-state index is -0.232. The predicted octanol–water partition coefficient (Wildman–Crippen LogP) is 5.43. The lowest BCUT2D eigenvalue weighted by Crippen LogP contribution is -2.07. The predicted molar refractivity (Wildman–Crippen MR) is 105 cm³/mol. The maximum absolute atomic E-state index is 12.0. The van der Waals surface area contributed by atoms with Crippen molar-refractivity contribution in [3.05, 3.63) is 78.3 Å². The van der Waals surface area contributed by atoms with Gasteiger partial charge in [-0.25, -0.2) is 0 Å². The summed E-state index contributed by atoms with van der Waals surface area (Å²) < 4.78 is 16.6. The first kappa shape index (κ1) is 18.3. The molecule has 1 N–H and O–H groups in total. The molecule has 3 rings (SSSR count). The van der Waals surface area contributed by atoms with Crippen molar-refractivity contribution < 1.29 is 18.7 Å². The molecular formula is C22H21NO4. The van der Waals surface area contributed by atoms with Gasteiger partial charge in [0.15, 0.2) is 0 Å². The SMILES string of the molecule is CCOc1ccc(Oc2ccc(NC(=O)/C=C/c3ccc(C)o3)cc2)cc1. The molecule has 0 aliphatic heterocycles. The van der Waals surface area contributed by atoms with Crippen LogP contribution in [-0.4, -0.2) is 12.5 Å². The molecule has 0 saturated carbocycles. The number of furan rings is 1. The second-order valence-electron chi connectivity index (χ2n) is 5.80. The largest absolute Gasteiger partial charge is 0.494 e. The number of aryl methyl sites for hydroxylation is 1. The van der Waals surface area contributed by atoms with Crippen molar-refractivity contribution in [2.45, 2.75) is 13.8 Å². The van der Waals surface area contributed by atoms with Crippen molar-refractivity contribution >= 4 is 17.7 Å². The number of amides is 1. The number of hydrogen-bond acceptors (Lipinski definition) is 4. The molecule has 1 aromatic heterocycles. The number of benzene rings is 2. The molecule has 0 radical (unpaired) electrons. The molecule has 0 bridgehead atoms. The maximum Gasteiger partial charge on any atom is 0.248 e. The number of carbonyl (C=O) groups excluding carboxylic acids is 1. The van der Waals surface area contributed by atoms with E-state index in [2.05, 4.69) is 5.32 Å². The molecule has 0 unspecified atom stereocenters. The summed E-state index contributed by atoms with van der Waals surface area (Å²) in [5.41, 5.74) is 0.680. The molecule has 0 atom stereocenters. The highest BCUT2D eigenvalue weighted by Gasteiger charge is 2.02. The van der Waals surface area contributed by atoms with E-state index in [1.165, 1.54) is 6.08 Å². The number of rotatable bonds is 7. The van der Waals surface area contributed by atoms with Crippen molar-refractivity contribution in [1.29, 1.82) is 0 Å². The summed E-state index contributed by atoms with van der Waals surface area (Å²) in [4.78, 5) is 12.0. The van der Waals surface area contributed by atoms with E-state index in [0.717, 1.165) is 11.5 Å². The third kappa shape index (κ3) is 5.51. The highest BCUT2D eigenvalue weighted by Crippen LogP contribution is 2.25. The minimum Gasteiger partial charge on any atom is -0.494 e. The van der Waals surface area contributed by atoms with Gasteiger partial charge in [0.25, 0.3) is 0 Å². The lowest BCUT2D eigenvalue weighted by molar-refractivity contribution is -0.111. The molecule has 5 heteroatoms. The fourth-order valence-electron chi connectivity index (χ4n) is 2.40. The summed E-state index contributed by atoms with van der Waals surface area (Å²) in [7, 11) is 0. The highest BCUT2D eigenvalue weighted by molar-refractivity contribution is 6.01. The quantitative estimate of drug-likeness (QED) is 0.569. The number of ether oxygens (including phenoxy) is 2. The van der Waals surface area contributed by atoms with Gasteiger partial charge in [-0.15, -0.1) is 0 Å².